The minimum Gasteiger partial charge on any atom is -0.480 e. The fourth-order valence-corrected chi connectivity index (χ4v) is 3.69. The van der Waals surface area contributed by atoms with Crippen LogP contribution in [0.2, 0.25) is 0 Å². The van der Waals surface area contributed by atoms with Gasteiger partial charge in [-0.1, -0.05) is 17.7 Å². The molecule has 3 amide bonds. The largest absolute Gasteiger partial charge is 0.480 e. The zero-order chi connectivity index (χ0) is 25.8. The predicted octanol–water partition coefficient (Wildman–Crippen LogP) is 4.78. The quantitative estimate of drug-likeness (QED) is 0.462. The van der Waals surface area contributed by atoms with Gasteiger partial charge in [0.05, 0.1) is 23.0 Å². The maximum atomic E-state index is 13.9. The molecule has 0 fully saturated rings. The molecule has 0 aromatic heterocycles. The van der Waals surface area contributed by atoms with E-state index in [4.69, 9.17) is 4.74 Å². The highest BCUT2D eigenvalue weighted by atomic mass is 19.1. The summed E-state index contributed by atoms with van der Waals surface area (Å²) in [4.78, 5) is 37.4. The number of hydrogen-bond donors (Lipinski definition) is 4. The van der Waals surface area contributed by atoms with Crippen molar-refractivity contribution in [3.8, 4) is 0 Å². The first-order chi connectivity index (χ1) is 15.7. The number of carboxylic acids is 1. The Labute approximate surface area is 198 Å². The first-order valence-corrected chi connectivity index (χ1v) is 10.8. The van der Waals surface area contributed by atoms with Crippen LogP contribution in [0.3, 0.4) is 0 Å². The summed E-state index contributed by atoms with van der Waals surface area (Å²) < 4.78 is 19.6. The lowest BCUT2D eigenvalue weighted by Gasteiger charge is -2.29. The van der Waals surface area contributed by atoms with Crippen LogP contribution in [0.25, 0.3) is 0 Å². The molecule has 34 heavy (non-hydrogen) atoms. The number of ether oxygens (including phenoxy) is 1. The van der Waals surface area contributed by atoms with E-state index < -0.39 is 41.5 Å². The Bertz CT molecular complexity index is 1070. The van der Waals surface area contributed by atoms with E-state index in [1.807, 2.05) is 32.9 Å². The van der Waals surface area contributed by atoms with Crippen LogP contribution < -0.4 is 16.0 Å². The fourth-order valence-electron chi connectivity index (χ4n) is 3.69. The summed E-state index contributed by atoms with van der Waals surface area (Å²) in [6, 6.07) is 5.01. The topological polar surface area (TPSA) is 117 Å². The molecular weight excluding hydrogens is 441 g/mol. The first-order valence-electron chi connectivity index (χ1n) is 10.8. The number of anilines is 2. The van der Waals surface area contributed by atoms with Gasteiger partial charge in [-0.2, -0.15) is 0 Å². The molecule has 0 bridgehead atoms. The molecule has 0 saturated carbocycles. The van der Waals surface area contributed by atoms with Crippen molar-refractivity contribution in [3.05, 3.63) is 58.4 Å². The number of carboxylic acid groups (broad SMARTS) is 1. The zero-order valence-corrected chi connectivity index (χ0v) is 20.5. The van der Waals surface area contributed by atoms with Gasteiger partial charge in [-0.05, 0) is 77.8 Å². The standard InChI is InChI=1S/C25H32FN3O5/c1-13-10-14(2)20(15(3)11-13)29-24(33)27-19-12-17(26)8-9-18(19)22(30)28-21(23(31)32)16(4)34-25(5,6)7/h8-12,16,21H,1-7H3,(H,28,30)(H,31,32)(H2,27,29,33)/t16?,21-/m0/s1. The maximum Gasteiger partial charge on any atom is 0.328 e. The Morgan fingerprint density at radius 2 is 1.59 bits per heavy atom. The molecule has 2 aromatic carbocycles. The number of amides is 3. The number of carbonyl (C=O) groups is 3. The number of carbonyl (C=O) groups excluding carboxylic acids is 2. The van der Waals surface area contributed by atoms with Crippen LogP contribution in [-0.2, 0) is 9.53 Å². The van der Waals surface area contributed by atoms with E-state index in [9.17, 15) is 23.9 Å². The number of aryl methyl sites for hydroxylation is 3. The monoisotopic (exact) mass is 473 g/mol. The third-order valence-electron chi connectivity index (χ3n) is 4.95. The second-order valence-electron chi connectivity index (χ2n) is 9.27. The Balaban J connectivity index is 2.26. The van der Waals surface area contributed by atoms with Crippen molar-refractivity contribution in [1.29, 1.82) is 0 Å². The average Bonchev–Trinajstić information content (AvgIpc) is 2.67. The minimum atomic E-state index is -1.36. The molecular formula is C25H32FN3O5. The van der Waals surface area contributed by atoms with Crippen molar-refractivity contribution in [3.63, 3.8) is 0 Å². The number of rotatable bonds is 7. The Morgan fingerprint density at radius 3 is 2.12 bits per heavy atom. The van der Waals surface area contributed by atoms with Gasteiger partial charge in [-0.3, -0.25) is 4.79 Å². The SMILES string of the molecule is Cc1cc(C)c(NC(=O)Nc2cc(F)ccc2C(=O)N[C@H](C(=O)O)C(C)OC(C)(C)C)c(C)c1. The van der Waals surface area contributed by atoms with Gasteiger partial charge < -0.3 is 25.8 Å². The third-order valence-corrected chi connectivity index (χ3v) is 4.95. The highest BCUT2D eigenvalue weighted by molar-refractivity contribution is 6.07. The predicted molar refractivity (Wildman–Crippen MR) is 129 cm³/mol. The normalized spacial score (nSPS) is 13.1. The smallest absolute Gasteiger partial charge is 0.328 e. The van der Waals surface area contributed by atoms with Crippen LogP contribution >= 0.6 is 0 Å². The van der Waals surface area contributed by atoms with Crippen molar-refractivity contribution in [2.45, 2.75) is 66.2 Å². The molecule has 0 saturated heterocycles. The lowest BCUT2D eigenvalue weighted by atomic mass is 10.1. The van der Waals surface area contributed by atoms with Gasteiger partial charge in [0.15, 0.2) is 6.04 Å². The third kappa shape index (κ3) is 7.28. The summed E-state index contributed by atoms with van der Waals surface area (Å²) in [5, 5.41) is 17.2. The Kier molecular flexibility index (Phi) is 8.39. The maximum absolute atomic E-state index is 13.9. The molecule has 0 spiro atoms. The molecule has 2 atom stereocenters. The van der Waals surface area contributed by atoms with Gasteiger partial charge in [0.25, 0.3) is 5.91 Å². The number of benzene rings is 2. The number of aliphatic carboxylic acids is 1. The Hall–Kier alpha value is -3.46. The molecule has 1 unspecified atom stereocenters. The molecule has 0 heterocycles. The molecule has 4 N–H and O–H groups in total. The van der Waals surface area contributed by atoms with Crippen molar-refractivity contribution in [2.24, 2.45) is 0 Å². The summed E-state index contributed by atoms with van der Waals surface area (Å²) in [5.74, 6) is -2.76. The second-order valence-corrected chi connectivity index (χ2v) is 9.27. The van der Waals surface area contributed by atoms with Gasteiger partial charge in [0, 0.05) is 5.69 Å². The van der Waals surface area contributed by atoms with E-state index in [1.165, 1.54) is 13.0 Å². The van der Waals surface area contributed by atoms with E-state index in [2.05, 4.69) is 16.0 Å². The summed E-state index contributed by atoms with van der Waals surface area (Å²) in [6.45, 7) is 12.5. The molecule has 9 heteroatoms. The number of hydrogen-bond acceptors (Lipinski definition) is 4. The summed E-state index contributed by atoms with van der Waals surface area (Å²) in [6.07, 6.45) is -0.853. The minimum absolute atomic E-state index is 0.0943. The molecule has 0 aliphatic carbocycles. The lowest BCUT2D eigenvalue weighted by Crippen LogP contribution is -2.50. The molecule has 8 nitrogen and oxygen atoms in total. The van der Waals surface area contributed by atoms with Crippen LogP contribution in [0, 0.1) is 26.6 Å². The van der Waals surface area contributed by atoms with E-state index in [0.717, 1.165) is 28.8 Å². The van der Waals surface area contributed by atoms with Crippen LogP contribution in [0.4, 0.5) is 20.6 Å². The van der Waals surface area contributed by atoms with E-state index in [-0.39, 0.29) is 11.3 Å². The van der Waals surface area contributed by atoms with E-state index in [0.29, 0.717) is 5.69 Å². The highest BCUT2D eigenvalue weighted by Gasteiger charge is 2.31. The van der Waals surface area contributed by atoms with Crippen molar-refractivity contribution >= 4 is 29.3 Å². The summed E-state index contributed by atoms with van der Waals surface area (Å²) in [7, 11) is 0. The van der Waals surface area contributed by atoms with Crippen molar-refractivity contribution in [1.82, 2.24) is 5.32 Å². The number of nitrogens with one attached hydrogen (secondary N) is 3. The van der Waals surface area contributed by atoms with Crippen LogP contribution in [0.15, 0.2) is 30.3 Å². The van der Waals surface area contributed by atoms with Crippen LogP contribution in [-0.4, -0.2) is 40.8 Å². The molecule has 0 radical (unpaired) electrons. The average molecular weight is 474 g/mol. The van der Waals surface area contributed by atoms with Crippen molar-refractivity contribution in [2.75, 3.05) is 10.6 Å². The summed E-state index contributed by atoms with van der Waals surface area (Å²) >= 11 is 0. The van der Waals surface area contributed by atoms with Crippen LogP contribution in [0.5, 0.6) is 0 Å². The van der Waals surface area contributed by atoms with Gasteiger partial charge in [0.1, 0.15) is 5.82 Å². The molecule has 0 aliphatic rings. The van der Waals surface area contributed by atoms with Gasteiger partial charge in [-0.15, -0.1) is 0 Å². The summed E-state index contributed by atoms with van der Waals surface area (Å²) in [5.41, 5.74) is 2.51. The molecule has 2 aromatic rings. The van der Waals surface area contributed by atoms with Crippen molar-refractivity contribution < 1.29 is 28.6 Å². The van der Waals surface area contributed by atoms with Gasteiger partial charge in [-0.25, -0.2) is 14.0 Å². The highest BCUT2D eigenvalue weighted by Crippen LogP contribution is 2.23. The van der Waals surface area contributed by atoms with E-state index >= 15 is 0 Å². The van der Waals surface area contributed by atoms with E-state index in [1.54, 1.807) is 20.8 Å². The van der Waals surface area contributed by atoms with Gasteiger partial charge >= 0.3 is 12.0 Å². The molecule has 0 aliphatic heterocycles. The lowest BCUT2D eigenvalue weighted by molar-refractivity contribution is -0.146. The first kappa shape index (κ1) is 26.8. The van der Waals surface area contributed by atoms with Gasteiger partial charge in [0.2, 0.25) is 0 Å². The Morgan fingerprint density at radius 1 is 1.00 bits per heavy atom. The number of urea groups is 1. The second kappa shape index (κ2) is 10.6. The molecule has 184 valence electrons. The fraction of sp³-hybridized carbons (Fsp3) is 0.400. The number of halogens is 1. The zero-order valence-electron chi connectivity index (χ0n) is 20.5. The van der Waals surface area contributed by atoms with Crippen LogP contribution in [0.1, 0.15) is 54.7 Å². The molecule has 2 rings (SSSR count).